The number of carboxylic acids is 1. The Hall–Kier alpha value is -1.93. The second-order valence-electron chi connectivity index (χ2n) is 6.42. The summed E-state index contributed by atoms with van der Waals surface area (Å²) in [7, 11) is -3.89. The number of sulfonamides is 1. The smallest absolute Gasteiger partial charge is 0.326 e. The topological polar surface area (TPSA) is 113 Å². The molecule has 0 fully saturated rings. The molecule has 0 aliphatic rings. The number of amides is 1. The van der Waals surface area contributed by atoms with E-state index < -0.39 is 34.0 Å². The van der Waals surface area contributed by atoms with E-state index in [2.05, 4.69) is 10.0 Å². The van der Waals surface area contributed by atoms with Crippen LogP contribution in [0, 0.1) is 12.8 Å². The maximum Gasteiger partial charge on any atom is 0.326 e. The minimum absolute atomic E-state index is 0.0429. The van der Waals surface area contributed by atoms with Gasteiger partial charge in [0.2, 0.25) is 15.9 Å². The van der Waals surface area contributed by atoms with Gasteiger partial charge in [0.15, 0.2) is 0 Å². The Balaban J connectivity index is 3.00. The van der Waals surface area contributed by atoms with Gasteiger partial charge in [-0.3, -0.25) is 4.79 Å². The van der Waals surface area contributed by atoms with Crippen LogP contribution in [0.15, 0.2) is 29.2 Å². The molecule has 2 unspecified atom stereocenters. The van der Waals surface area contributed by atoms with Crippen molar-refractivity contribution >= 4 is 21.9 Å². The molecule has 1 aromatic carbocycles. The summed E-state index contributed by atoms with van der Waals surface area (Å²) in [6, 6.07) is 4.18. The minimum Gasteiger partial charge on any atom is -0.480 e. The Morgan fingerprint density at radius 3 is 2.12 bits per heavy atom. The molecule has 3 N–H and O–H groups in total. The van der Waals surface area contributed by atoms with Gasteiger partial charge < -0.3 is 10.4 Å². The van der Waals surface area contributed by atoms with Gasteiger partial charge in [-0.2, -0.15) is 4.72 Å². The normalized spacial score (nSPS) is 14.1. The fourth-order valence-corrected chi connectivity index (χ4v) is 3.47. The predicted octanol–water partition coefficient (Wildman–Crippen LogP) is 1.67. The summed E-state index contributed by atoms with van der Waals surface area (Å²) in [5.41, 5.74) is 0.919. The first kappa shape index (κ1) is 21.1. The van der Waals surface area contributed by atoms with E-state index in [-0.39, 0.29) is 23.7 Å². The van der Waals surface area contributed by atoms with E-state index in [0.717, 1.165) is 5.56 Å². The number of carbonyl (C=O) groups is 2. The fourth-order valence-electron chi connectivity index (χ4n) is 2.26. The zero-order valence-corrected chi connectivity index (χ0v) is 15.8. The van der Waals surface area contributed by atoms with Crippen molar-refractivity contribution in [3.8, 4) is 0 Å². The van der Waals surface area contributed by atoms with E-state index in [1.807, 2.05) is 20.8 Å². The van der Waals surface area contributed by atoms with Crippen LogP contribution in [-0.4, -0.2) is 37.5 Å². The van der Waals surface area contributed by atoms with Crippen molar-refractivity contribution in [1.29, 1.82) is 0 Å². The van der Waals surface area contributed by atoms with Gasteiger partial charge in [0.1, 0.15) is 12.1 Å². The maximum atomic E-state index is 12.5. The highest BCUT2D eigenvalue weighted by atomic mass is 32.2. The van der Waals surface area contributed by atoms with Crippen LogP contribution in [0.5, 0.6) is 0 Å². The summed E-state index contributed by atoms with van der Waals surface area (Å²) in [6.07, 6.45) is 0.465. The predicted molar refractivity (Wildman–Crippen MR) is 94.6 cm³/mol. The highest BCUT2D eigenvalue weighted by Crippen LogP contribution is 2.13. The molecule has 0 aliphatic heterocycles. The van der Waals surface area contributed by atoms with E-state index in [1.54, 1.807) is 19.1 Å². The highest BCUT2D eigenvalue weighted by Gasteiger charge is 2.29. The van der Waals surface area contributed by atoms with Crippen LogP contribution in [0.1, 0.15) is 39.2 Å². The molecule has 140 valence electrons. The quantitative estimate of drug-likeness (QED) is 0.612. The van der Waals surface area contributed by atoms with Crippen LogP contribution >= 0.6 is 0 Å². The molecule has 1 rings (SSSR count). The Bertz CT molecular complexity index is 698. The summed E-state index contributed by atoms with van der Waals surface area (Å²) in [5, 5.41) is 11.5. The lowest BCUT2D eigenvalue weighted by atomic mass is 10.0. The summed E-state index contributed by atoms with van der Waals surface area (Å²) < 4.78 is 27.4. The molecule has 0 spiro atoms. The van der Waals surface area contributed by atoms with Crippen molar-refractivity contribution in [2.75, 3.05) is 0 Å². The van der Waals surface area contributed by atoms with E-state index >= 15 is 0 Å². The molecule has 0 saturated carbocycles. The first-order chi connectivity index (χ1) is 11.6. The van der Waals surface area contributed by atoms with Crippen LogP contribution in [0.25, 0.3) is 0 Å². The Morgan fingerprint density at radius 1 is 1.12 bits per heavy atom. The molecule has 1 aromatic rings. The molecule has 8 heteroatoms. The van der Waals surface area contributed by atoms with Crippen LogP contribution < -0.4 is 10.0 Å². The number of nitrogens with one attached hydrogen (secondary N) is 2. The molecule has 2 atom stereocenters. The van der Waals surface area contributed by atoms with Gasteiger partial charge in [-0.15, -0.1) is 0 Å². The van der Waals surface area contributed by atoms with Crippen LogP contribution in [0.4, 0.5) is 0 Å². The van der Waals surface area contributed by atoms with Crippen molar-refractivity contribution in [3.05, 3.63) is 29.8 Å². The Labute approximate surface area is 148 Å². The second kappa shape index (κ2) is 8.96. The molecule has 0 bridgehead atoms. The first-order valence-corrected chi connectivity index (χ1v) is 9.67. The third kappa shape index (κ3) is 6.47. The molecule has 25 heavy (non-hydrogen) atoms. The van der Waals surface area contributed by atoms with Gasteiger partial charge in [-0.1, -0.05) is 38.5 Å². The first-order valence-electron chi connectivity index (χ1n) is 8.19. The molecule has 1 amide bonds. The molecule has 0 aliphatic carbocycles. The van der Waals surface area contributed by atoms with Gasteiger partial charge in [-0.05, 0) is 37.8 Å². The molecule has 0 heterocycles. The van der Waals surface area contributed by atoms with Gasteiger partial charge in [0.25, 0.3) is 0 Å². The second-order valence-corrected chi connectivity index (χ2v) is 8.14. The average molecular weight is 370 g/mol. The monoisotopic (exact) mass is 370 g/mol. The Kier molecular flexibility index (Phi) is 7.57. The van der Waals surface area contributed by atoms with Crippen molar-refractivity contribution < 1.29 is 23.1 Å². The van der Waals surface area contributed by atoms with Gasteiger partial charge in [0.05, 0.1) is 4.90 Å². The minimum atomic E-state index is -3.89. The SMILES string of the molecule is CCC(NC(=O)C(CC(C)C)NS(=O)(=O)c1ccc(C)cc1)C(=O)O. The van der Waals surface area contributed by atoms with Crippen molar-refractivity contribution in [1.82, 2.24) is 10.0 Å². The fraction of sp³-hybridized carbons (Fsp3) is 0.529. The molecule has 0 aromatic heterocycles. The summed E-state index contributed by atoms with van der Waals surface area (Å²) >= 11 is 0. The van der Waals surface area contributed by atoms with Crippen molar-refractivity contribution in [2.24, 2.45) is 5.92 Å². The number of aliphatic carboxylic acids is 1. The highest BCUT2D eigenvalue weighted by molar-refractivity contribution is 7.89. The molecule has 0 radical (unpaired) electrons. The number of benzene rings is 1. The largest absolute Gasteiger partial charge is 0.480 e. The number of carboxylic acid groups (broad SMARTS) is 1. The lowest BCUT2D eigenvalue weighted by molar-refractivity contribution is -0.142. The van der Waals surface area contributed by atoms with Gasteiger partial charge in [0, 0.05) is 0 Å². The lowest BCUT2D eigenvalue weighted by Gasteiger charge is -2.22. The summed E-state index contributed by atoms with van der Waals surface area (Å²) in [6.45, 7) is 7.19. The zero-order valence-electron chi connectivity index (χ0n) is 14.9. The number of aryl methyl sites for hydroxylation is 1. The molecule has 0 saturated heterocycles. The number of hydrogen-bond donors (Lipinski definition) is 3. The number of hydrogen-bond acceptors (Lipinski definition) is 4. The third-order valence-electron chi connectivity index (χ3n) is 3.68. The average Bonchev–Trinajstić information content (AvgIpc) is 2.51. The van der Waals surface area contributed by atoms with Gasteiger partial charge >= 0.3 is 5.97 Å². The molecular weight excluding hydrogens is 344 g/mol. The van der Waals surface area contributed by atoms with Crippen molar-refractivity contribution in [3.63, 3.8) is 0 Å². The van der Waals surface area contributed by atoms with Crippen LogP contribution in [0.2, 0.25) is 0 Å². The Morgan fingerprint density at radius 2 is 1.68 bits per heavy atom. The number of rotatable bonds is 9. The van der Waals surface area contributed by atoms with Crippen molar-refractivity contribution in [2.45, 2.75) is 57.5 Å². The van der Waals surface area contributed by atoms with E-state index in [4.69, 9.17) is 5.11 Å². The van der Waals surface area contributed by atoms with Crippen LogP contribution in [0.3, 0.4) is 0 Å². The number of carbonyl (C=O) groups excluding carboxylic acids is 1. The van der Waals surface area contributed by atoms with E-state index in [0.29, 0.717) is 0 Å². The lowest BCUT2D eigenvalue weighted by Crippen LogP contribution is -2.51. The van der Waals surface area contributed by atoms with E-state index in [9.17, 15) is 18.0 Å². The summed E-state index contributed by atoms with van der Waals surface area (Å²) in [4.78, 5) is 23.6. The third-order valence-corrected chi connectivity index (χ3v) is 5.16. The maximum absolute atomic E-state index is 12.5. The van der Waals surface area contributed by atoms with Crippen LogP contribution in [-0.2, 0) is 19.6 Å². The summed E-state index contributed by atoms with van der Waals surface area (Å²) in [5.74, 6) is -1.75. The van der Waals surface area contributed by atoms with Gasteiger partial charge in [-0.25, -0.2) is 13.2 Å². The zero-order chi connectivity index (χ0) is 19.2. The standard InChI is InChI=1S/C17H26N2O5S/c1-5-14(17(21)22)18-16(20)15(10-11(2)3)19-25(23,24)13-8-6-12(4)7-9-13/h6-9,11,14-15,19H,5,10H2,1-4H3,(H,18,20)(H,21,22). The van der Waals surface area contributed by atoms with E-state index in [1.165, 1.54) is 12.1 Å². The molecule has 7 nitrogen and oxygen atoms in total. The molecular formula is C17H26N2O5S.